The number of hydrazone groups is 1. The lowest BCUT2D eigenvalue weighted by atomic mass is 10.0. The molecule has 126 valence electrons. The summed E-state index contributed by atoms with van der Waals surface area (Å²) in [4.78, 5) is 14.4. The van der Waals surface area contributed by atoms with Crippen LogP contribution in [0.5, 0.6) is 0 Å². The average Bonchev–Trinajstić information content (AvgIpc) is 3.20. The fraction of sp³-hybridized carbons (Fsp3) is 0.368. The summed E-state index contributed by atoms with van der Waals surface area (Å²) < 4.78 is 5.69. The van der Waals surface area contributed by atoms with E-state index in [0.717, 1.165) is 28.5 Å². The predicted octanol–water partition coefficient (Wildman–Crippen LogP) is 3.74. The highest BCUT2D eigenvalue weighted by molar-refractivity contribution is 6.01. The normalized spacial score (nSPS) is 17.1. The van der Waals surface area contributed by atoms with Crippen molar-refractivity contribution in [2.75, 3.05) is 19.0 Å². The maximum Gasteiger partial charge on any atom is 0.242 e. The lowest BCUT2D eigenvalue weighted by Gasteiger charge is -2.22. The zero-order chi connectivity index (χ0) is 17.3. The fourth-order valence-electron chi connectivity index (χ4n) is 2.89. The van der Waals surface area contributed by atoms with Gasteiger partial charge in [-0.05, 0) is 36.8 Å². The molecule has 1 aromatic carbocycles. The summed E-state index contributed by atoms with van der Waals surface area (Å²) in [5, 5.41) is 6.16. The number of hydrogen-bond acceptors (Lipinski definition) is 4. The highest BCUT2D eigenvalue weighted by Crippen LogP contribution is 2.34. The van der Waals surface area contributed by atoms with Gasteiger partial charge in [-0.1, -0.05) is 19.1 Å². The zero-order valence-electron chi connectivity index (χ0n) is 14.6. The second-order valence-electron chi connectivity index (χ2n) is 6.25. The summed E-state index contributed by atoms with van der Waals surface area (Å²) in [7, 11) is 4.02. The Kier molecular flexibility index (Phi) is 4.42. The van der Waals surface area contributed by atoms with E-state index in [1.165, 1.54) is 0 Å². The van der Waals surface area contributed by atoms with Gasteiger partial charge in [-0.2, -0.15) is 5.10 Å². The minimum absolute atomic E-state index is 0.0231. The molecular weight excluding hydrogens is 302 g/mol. The molecule has 0 saturated heterocycles. The number of amides is 1. The number of rotatable bonds is 4. The maximum atomic E-state index is 12.3. The first-order chi connectivity index (χ1) is 11.5. The van der Waals surface area contributed by atoms with E-state index >= 15 is 0 Å². The van der Waals surface area contributed by atoms with Gasteiger partial charge in [0.2, 0.25) is 5.91 Å². The maximum absolute atomic E-state index is 12.3. The van der Waals surface area contributed by atoms with Crippen LogP contribution in [0.2, 0.25) is 0 Å². The van der Waals surface area contributed by atoms with E-state index < -0.39 is 0 Å². The van der Waals surface area contributed by atoms with Crippen molar-refractivity contribution >= 4 is 17.3 Å². The van der Waals surface area contributed by atoms with Crippen molar-refractivity contribution in [2.45, 2.75) is 32.7 Å². The van der Waals surface area contributed by atoms with Crippen molar-refractivity contribution in [3.8, 4) is 0 Å². The lowest BCUT2D eigenvalue weighted by Crippen LogP contribution is -2.26. The minimum Gasteiger partial charge on any atom is -0.460 e. The molecule has 0 bridgehead atoms. The molecule has 0 radical (unpaired) electrons. The highest BCUT2D eigenvalue weighted by Gasteiger charge is 2.33. The summed E-state index contributed by atoms with van der Waals surface area (Å²) in [5.74, 6) is 1.61. The number of hydrogen-bond donors (Lipinski definition) is 0. The summed E-state index contributed by atoms with van der Waals surface area (Å²) in [6, 6.07) is 12.0. The van der Waals surface area contributed by atoms with Crippen LogP contribution in [0.25, 0.3) is 0 Å². The predicted molar refractivity (Wildman–Crippen MR) is 95.2 cm³/mol. The molecule has 5 nitrogen and oxygen atoms in total. The Bertz CT molecular complexity index is 759. The van der Waals surface area contributed by atoms with Crippen LogP contribution in [0.15, 0.2) is 45.9 Å². The fourth-order valence-corrected chi connectivity index (χ4v) is 2.89. The van der Waals surface area contributed by atoms with Gasteiger partial charge in [0.1, 0.15) is 17.2 Å². The van der Waals surface area contributed by atoms with Gasteiger partial charge in [-0.15, -0.1) is 0 Å². The monoisotopic (exact) mass is 325 g/mol. The number of anilines is 1. The molecular formula is C19H23N3O2. The van der Waals surface area contributed by atoms with E-state index in [9.17, 15) is 4.79 Å². The van der Waals surface area contributed by atoms with Crippen LogP contribution in [-0.4, -0.2) is 30.7 Å². The average molecular weight is 325 g/mol. The van der Waals surface area contributed by atoms with Crippen LogP contribution in [0, 0.1) is 6.92 Å². The summed E-state index contributed by atoms with van der Waals surface area (Å²) >= 11 is 0. The molecule has 0 N–H and O–H groups in total. The molecule has 1 amide bonds. The second kappa shape index (κ2) is 6.51. The number of carbonyl (C=O) groups is 1. The van der Waals surface area contributed by atoms with E-state index in [0.29, 0.717) is 12.8 Å². The lowest BCUT2D eigenvalue weighted by molar-refractivity contribution is -0.132. The third-order valence-electron chi connectivity index (χ3n) is 4.29. The first kappa shape index (κ1) is 16.3. The molecule has 0 unspecified atom stereocenters. The molecule has 2 heterocycles. The first-order valence-electron chi connectivity index (χ1n) is 8.23. The van der Waals surface area contributed by atoms with Gasteiger partial charge in [0, 0.05) is 32.6 Å². The Hall–Kier alpha value is -2.56. The summed E-state index contributed by atoms with van der Waals surface area (Å²) in [6.07, 6.45) is 1.10. The number of furan rings is 1. The van der Waals surface area contributed by atoms with Crippen LogP contribution in [-0.2, 0) is 4.79 Å². The molecule has 0 fully saturated rings. The van der Waals surface area contributed by atoms with Crippen molar-refractivity contribution in [3.63, 3.8) is 0 Å². The van der Waals surface area contributed by atoms with Crippen molar-refractivity contribution in [2.24, 2.45) is 5.10 Å². The number of carbonyl (C=O) groups excluding carboxylic acids is 1. The molecule has 0 aliphatic carbocycles. The standard InChI is InChI=1S/C19H23N3O2/c1-5-19(23)22-17(14-7-9-15(10-8-14)21(3)4)12-16(20-22)18-11-6-13(2)24-18/h6-11,17H,5,12H2,1-4H3/t17-/m1/s1. The molecule has 1 aromatic heterocycles. The van der Waals surface area contributed by atoms with Gasteiger partial charge in [-0.3, -0.25) is 4.79 Å². The smallest absolute Gasteiger partial charge is 0.242 e. The third-order valence-corrected chi connectivity index (χ3v) is 4.29. The second-order valence-corrected chi connectivity index (χ2v) is 6.25. The number of aryl methyl sites for hydroxylation is 1. The van der Waals surface area contributed by atoms with Crippen LogP contribution in [0.1, 0.15) is 42.9 Å². The van der Waals surface area contributed by atoms with Crippen molar-refractivity contribution in [1.29, 1.82) is 0 Å². The van der Waals surface area contributed by atoms with Gasteiger partial charge in [0.15, 0.2) is 0 Å². The van der Waals surface area contributed by atoms with Gasteiger partial charge in [-0.25, -0.2) is 5.01 Å². The third kappa shape index (κ3) is 3.07. The van der Waals surface area contributed by atoms with E-state index in [4.69, 9.17) is 4.42 Å². The number of nitrogens with zero attached hydrogens (tertiary/aromatic N) is 3. The Morgan fingerprint density at radius 2 is 1.96 bits per heavy atom. The quantitative estimate of drug-likeness (QED) is 0.860. The molecule has 1 atom stereocenters. The summed E-state index contributed by atoms with van der Waals surface area (Å²) in [6.45, 7) is 3.77. The van der Waals surface area contributed by atoms with E-state index in [1.807, 2.05) is 40.1 Å². The first-order valence-corrected chi connectivity index (χ1v) is 8.23. The highest BCUT2D eigenvalue weighted by atomic mass is 16.3. The van der Waals surface area contributed by atoms with Gasteiger partial charge >= 0.3 is 0 Å². The van der Waals surface area contributed by atoms with Gasteiger partial charge in [0.25, 0.3) is 0 Å². The van der Waals surface area contributed by atoms with Crippen molar-refractivity contribution in [1.82, 2.24) is 5.01 Å². The molecule has 3 rings (SSSR count). The molecule has 2 aromatic rings. The number of benzene rings is 1. The van der Waals surface area contributed by atoms with Crippen molar-refractivity contribution in [3.05, 3.63) is 53.5 Å². The van der Waals surface area contributed by atoms with Gasteiger partial charge in [0.05, 0.1) is 6.04 Å². The van der Waals surface area contributed by atoms with Crippen LogP contribution >= 0.6 is 0 Å². The topological polar surface area (TPSA) is 49.1 Å². The Morgan fingerprint density at radius 3 is 2.50 bits per heavy atom. The Morgan fingerprint density at radius 1 is 1.25 bits per heavy atom. The summed E-state index contributed by atoms with van der Waals surface area (Å²) in [5.41, 5.74) is 3.05. The van der Waals surface area contributed by atoms with Crippen LogP contribution < -0.4 is 4.90 Å². The van der Waals surface area contributed by atoms with Crippen LogP contribution in [0.3, 0.4) is 0 Å². The van der Waals surface area contributed by atoms with Crippen molar-refractivity contribution < 1.29 is 9.21 Å². The molecule has 0 spiro atoms. The minimum atomic E-state index is -0.0749. The molecule has 1 aliphatic heterocycles. The van der Waals surface area contributed by atoms with Gasteiger partial charge < -0.3 is 9.32 Å². The zero-order valence-corrected chi connectivity index (χ0v) is 14.6. The SMILES string of the molecule is CCC(=O)N1N=C(c2ccc(C)o2)C[C@@H]1c1ccc(N(C)C)cc1. The Balaban J connectivity index is 1.90. The van der Waals surface area contributed by atoms with E-state index in [1.54, 1.807) is 5.01 Å². The molecule has 0 saturated carbocycles. The largest absolute Gasteiger partial charge is 0.460 e. The van der Waals surface area contributed by atoms with E-state index in [-0.39, 0.29) is 11.9 Å². The molecule has 5 heteroatoms. The molecule has 24 heavy (non-hydrogen) atoms. The Labute approximate surface area is 142 Å². The molecule has 1 aliphatic rings. The van der Waals surface area contributed by atoms with E-state index in [2.05, 4.69) is 34.3 Å². The van der Waals surface area contributed by atoms with Crippen LogP contribution in [0.4, 0.5) is 5.69 Å².